The van der Waals surface area contributed by atoms with Crippen molar-refractivity contribution in [2.45, 2.75) is 18.7 Å². The number of hydrogen-bond donors (Lipinski definition) is 1. The summed E-state index contributed by atoms with van der Waals surface area (Å²) >= 11 is 0. The van der Waals surface area contributed by atoms with Gasteiger partial charge in [-0.15, -0.1) is 0 Å². The molecule has 1 N–H and O–H groups in total. The lowest BCUT2D eigenvalue weighted by molar-refractivity contribution is -0.137. The standard InChI is InChI=1S/C16H21F4N3O/c1-21-15(22-7-3-6-17)23-8-9-24-14(11-23)12-4-2-5-13(10-12)16(18,19)20/h2,4-5,10,14H,3,6-9,11H2,1H3,(H,21,22). The first-order chi connectivity index (χ1) is 11.5. The number of rotatable bonds is 4. The van der Waals surface area contributed by atoms with Crippen molar-refractivity contribution in [3.05, 3.63) is 35.4 Å². The van der Waals surface area contributed by atoms with E-state index in [2.05, 4.69) is 10.3 Å². The zero-order valence-corrected chi connectivity index (χ0v) is 13.4. The van der Waals surface area contributed by atoms with Crippen LogP contribution in [0.5, 0.6) is 0 Å². The van der Waals surface area contributed by atoms with Crippen LogP contribution < -0.4 is 5.32 Å². The average molecular weight is 347 g/mol. The minimum Gasteiger partial charge on any atom is -0.370 e. The SMILES string of the molecule is CN=C(NCCCF)N1CCOC(c2cccc(C(F)(F)F)c2)C1. The molecule has 0 spiro atoms. The Morgan fingerprint density at radius 2 is 2.21 bits per heavy atom. The molecule has 4 nitrogen and oxygen atoms in total. The van der Waals surface area contributed by atoms with E-state index >= 15 is 0 Å². The van der Waals surface area contributed by atoms with Crippen molar-refractivity contribution in [1.82, 2.24) is 10.2 Å². The van der Waals surface area contributed by atoms with E-state index in [1.807, 2.05) is 4.90 Å². The van der Waals surface area contributed by atoms with Crippen LogP contribution in [0.4, 0.5) is 17.6 Å². The highest BCUT2D eigenvalue weighted by Gasteiger charge is 2.32. The third-order valence-electron chi connectivity index (χ3n) is 3.76. The molecule has 1 aliphatic heterocycles. The van der Waals surface area contributed by atoms with Crippen LogP contribution in [0, 0.1) is 0 Å². The number of morpholine rings is 1. The van der Waals surface area contributed by atoms with E-state index in [1.165, 1.54) is 6.07 Å². The molecule has 1 aromatic rings. The van der Waals surface area contributed by atoms with Crippen LogP contribution in [0.3, 0.4) is 0 Å². The van der Waals surface area contributed by atoms with Crippen molar-refractivity contribution < 1.29 is 22.3 Å². The van der Waals surface area contributed by atoms with Gasteiger partial charge in [0, 0.05) is 20.1 Å². The van der Waals surface area contributed by atoms with Gasteiger partial charge in [0.1, 0.15) is 6.10 Å². The van der Waals surface area contributed by atoms with E-state index in [1.54, 1.807) is 13.1 Å². The molecule has 1 saturated heterocycles. The smallest absolute Gasteiger partial charge is 0.370 e. The first kappa shape index (κ1) is 18.5. The fourth-order valence-electron chi connectivity index (χ4n) is 2.56. The summed E-state index contributed by atoms with van der Waals surface area (Å²) in [6.07, 6.45) is -4.48. The minimum absolute atomic E-state index is 0.375. The maximum absolute atomic E-state index is 12.9. The number of benzene rings is 1. The molecular weight excluding hydrogens is 326 g/mol. The molecule has 1 atom stereocenters. The number of ether oxygens (including phenoxy) is 1. The van der Waals surface area contributed by atoms with Crippen molar-refractivity contribution in [2.75, 3.05) is 40.0 Å². The molecule has 1 aromatic carbocycles. The molecule has 8 heteroatoms. The van der Waals surface area contributed by atoms with E-state index < -0.39 is 24.5 Å². The molecule has 0 bridgehead atoms. The van der Waals surface area contributed by atoms with Gasteiger partial charge in [-0.2, -0.15) is 13.2 Å². The highest BCUT2D eigenvalue weighted by Crippen LogP contribution is 2.32. The molecule has 1 unspecified atom stereocenters. The fourth-order valence-corrected chi connectivity index (χ4v) is 2.56. The molecule has 134 valence electrons. The summed E-state index contributed by atoms with van der Waals surface area (Å²) in [6, 6.07) is 5.17. The highest BCUT2D eigenvalue weighted by atomic mass is 19.4. The number of aliphatic imine (C=N–C) groups is 1. The highest BCUT2D eigenvalue weighted by molar-refractivity contribution is 5.80. The molecular formula is C16H21F4N3O. The Kier molecular flexibility index (Phi) is 6.42. The molecule has 0 saturated carbocycles. The molecule has 24 heavy (non-hydrogen) atoms. The van der Waals surface area contributed by atoms with Gasteiger partial charge >= 0.3 is 6.18 Å². The van der Waals surface area contributed by atoms with Crippen LogP contribution in [0.25, 0.3) is 0 Å². The fraction of sp³-hybridized carbons (Fsp3) is 0.562. The Balaban J connectivity index is 2.07. The largest absolute Gasteiger partial charge is 0.416 e. The van der Waals surface area contributed by atoms with Crippen molar-refractivity contribution in [3.8, 4) is 0 Å². The van der Waals surface area contributed by atoms with Crippen LogP contribution in [0.2, 0.25) is 0 Å². The second kappa shape index (κ2) is 8.32. The van der Waals surface area contributed by atoms with Crippen LogP contribution in [-0.4, -0.2) is 50.8 Å². The Bertz CT molecular complexity index is 562. The van der Waals surface area contributed by atoms with E-state index in [4.69, 9.17) is 4.74 Å². The van der Waals surface area contributed by atoms with Gasteiger partial charge < -0.3 is 15.0 Å². The average Bonchev–Trinajstić information content (AvgIpc) is 2.58. The van der Waals surface area contributed by atoms with Gasteiger partial charge in [0.15, 0.2) is 5.96 Å². The maximum Gasteiger partial charge on any atom is 0.416 e. The van der Waals surface area contributed by atoms with Crippen LogP contribution in [-0.2, 0) is 10.9 Å². The first-order valence-electron chi connectivity index (χ1n) is 7.76. The lowest BCUT2D eigenvalue weighted by Gasteiger charge is -2.35. The Morgan fingerprint density at radius 3 is 2.88 bits per heavy atom. The Morgan fingerprint density at radius 1 is 1.42 bits per heavy atom. The molecule has 1 fully saturated rings. The molecule has 0 aromatic heterocycles. The van der Waals surface area contributed by atoms with Crippen molar-refractivity contribution in [1.29, 1.82) is 0 Å². The zero-order valence-electron chi connectivity index (χ0n) is 13.4. The van der Waals surface area contributed by atoms with Gasteiger partial charge in [0.2, 0.25) is 0 Å². The van der Waals surface area contributed by atoms with E-state index in [-0.39, 0.29) is 0 Å². The molecule has 0 aliphatic carbocycles. The van der Waals surface area contributed by atoms with E-state index in [0.29, 0.717) is 44.2 Å². The molecule has 2 rings (SSSR count). The van der Waals surface area contributed by atoms with Gasteiger partial charge in [-0.25, -0.2) is 0 Å². The topological polar surface area (TPSA) is 36.9 Å². The van der Waals surface area contributed by atoms with Crippen molar-refractivity contribution in [3.63, 3.8) is 0 Å². The molecule has 1 heterocycles. The number of nitrogens with zero attached hydrogens (tertiary/aromatic N) is 2. The van der Waals surface area contributed by atoms with Gasteiger partial charge in [-0.3, -0.25) is 9.38 Å². The summed E-state index contributed by atoms with van der Waals surface area (Å²) in [5, 5.41) is 3.05. The zero-order chi connectivity index (χ0) is 17.6. The predicted molar refractivity (Wildman–Crippen MR) is 83.7 cm³/mol. The van der Waals surface area contributed by atoms with E-state index in [0.717, 1.165) is 12.1 Å². The lowest BCUT2D eigenvalue weighted by atomic mass is 10.0. The minimum atomic E-state index is -4.38. The first-order valence-corrected chi connectivity index (χ1v) is 7.76. The van der Waals surface area contributed by atoms with Crippen molar-refractivity contribution in [2.24, 2.45) is 4.99 Å². The Labute approximate surface area is 138 Å². The number of nitrogens with one attached hydrogen (secondary N) is 1. The summed E-state index contributed by atoms with van der Waals surface area (Å²) in [5.74, 6) is 0.601. The number of guanidine groups is 1. The maximum atomic E-state index is 12.9. The van der Waals surface area contributed by atoms with Gasteiger partial charge in [0.05, 0.1) is 25.4 Å². The summed E-state index contributed by atoms with van der Waals surface area (Å²) in [4.78, 5) is 6.05. The molecule has 0 amide bonds. The van der Waals surface area contributed by atoms with Crippen LogP contribution in [0.15, 0.2) is 29.3 Å². The summed E-state index contributed by atoms with van der Waals surface area (Å²) < 4.78 is 56.4. The normalized spacial score (nSPS) is 19.5. The summed E-state index contributed by atoms with van der Waals surface area (Å²) in [7, 11) is 1.62. The molecule has 0 radical (unpaired) electrons. The van der Waals surface area contributed by atoms with Crippen molar-refractivity contribution >= 4 is 5.96 Å². The molecule has 1 aliphatic rings. The number of hydrogen-bond acceptors (Lipinski definition) is 2. The lowest BCUT2D eigenvalue weighted by Crippen LogP contribution is -2.48. The van der Waals surface area contributed by atoms with Crippen LogP contribution in [0.1, 0.15) is 23.7 Å². The predicted octanol–water partition coefficient (Wildman–Crippen LogP) is 3.01. The Hall–Kier alpha value is -1.83. The second-order valence-corrected chi connectivity index (χ2v) is 5.45. The third kappa shape index (κ3) is 4.83. The van der Waals surface area contributed by atoms with Gasteiger partial charge in [0.25, 0.3) is 0 Å². The second-order valence-electron chi connectivity index (χ2n) is 5.45. The quantitative estimate of drug-likeness (QED) is 0.394. The number of halogens is 4. The van der Waals surface area contributed by atoms with Gasteiger partial charge in [-0.1, -0.05) is 12.1 Å². The monoisotopic (exact) mass is 347 g/mol. The van der Waals surface area contributed by atoms with Crippen LogP contribution >= 0.6 is 0 Å². The number of alkyl halides is 4. The summed E-state index contributed by atoms with van der Waals surface area (Å²) in [6.45, 7) is 1.38. The van der Waals surface area contributed by atoms with E-state index in [9.17, 15) is 17.6 Å². The third-order valence-corrected chi connectivity index (χ3v) is 3.76. The van der Waals surface area contributed by atoms with Gasteiger partial charge in [-0.05, 0) is 24.1 Å². The summed E-state index contributed by atoms with van der Waals surface area (Å²) in [5.41, 5.74) is -0.208.